The van der Waals surface area contributed by atoms with Crippen LogP contribution in [0.5, 0.6) is 0 Å². The van der Waals surface area contributed by atoms with Gasteiger partial charge >= 0.3 is 5.97 Å². The molecule has 5 rings (SSSR count). The molecule has 0 heterocycles. The van der Waals surface area contributed by atoms with E-state index in [0.717, 1.165) is 25.7 Å². The molecular formula is C34H50O7. The number of carbonyl (C=O) groups excluding carboxylic acids is 2. The summed E-state index contributed by atoms with van der Waals surface area (Å²) in [5.74, 6) is -0.801. The Morgan fingerprint density at radius 3 is 2.32 bits per heavy atom. The molecule has 0 amide bonds. The minimum absolute atomic E-state index is 0.0304. The Morgan fingerprint density at radius 2 is 1.71 bits per heavy atom. The molecule has 0 radical (unpaired) electrons. The van der Waals surface area contributed by atoms with Crippen molar-refractivity contribution in [1.82, 2.24) is 0 Å². The van der Waals surface area contributed by atoms with E-state index in [1.165, 1.54) is 13.0 Å². The molecule has 0 bridgehead atoms. The largest absolute Gasteiger partial charge is 0.478 e. The standard InChI is InChI=1S/C34H50O7/c1-18(13-21(35)14-19(2)30(40)41)22-15-27(39)34(6)29-23(36)16-25-31(3,28(29)24(37)17-32(22,34)4)12-11-26(38)33(25,5)20-9-7-8-10-20/h14,18,20-23,25,27,35-36,39H,7-13,15-17H2,1-6H3,(H,40,41). The third kappa shape index (κ3) is 4.19. The molecule has 0 saturated heterocycles. The van der Waals surface area contributed by atoms with Gasteiger partial charge in [-0.15, -0.1) is 0 Å². The van der Waals surface area contributed by atoms with Crippen LogP contribution in [0.15, 0.2) is 22.8 Å². The average Bonchev–Trinajstić information content (AvgIpc) is 3.50. The van der Waals surface area contributed by atoms with Crippen molar-refractivity contribution >= 4 is 17.5 Å². The number of carboxylic acid groups (broad SMARTS) is 1. The first-order valence-electron chi connectivity index (χ1n) is 15.8. The van der Waals surface area contributed by atoms with Crippen LogP contribution < -0.4 is 0 Å². The molecule has 7 nitrogen and oxygen atoms in total. The lowest BCUT2D eigenvalue weighted by molar-refractivity contribution is -0.154. The quantitative estimate of drug-likeness (QED) is 0.330. The highest BCUT2D eigenvalue weighted by Gasteiger charge is 2.70. The fraction of sp³-hybridized carbons (Fsp3) is 0.794. The summed E-state index contributed by atoms with van der Waals surface area (Å²) in [5, 5.41) is 43.7. The highest BCUT2D eigenvalue weighted by Crippen LogP contribution is 2.72. The predicted octanol–water partition coefficient (Wildman–Crippen LogP) is 5.01. The Hall–Kier alpha value is -1.83. The summed E-state index contributed by atoms with van der Waals surface area (Å²) in [6.07, 6.45) is 5.49. The van der Waals surface area contributed by atoms with E-state index in [1.54, 1.807) is 0 Å². The normalized spacial score (nSPS) is 44.9. The molecule has 0 aromatic carbocycles. The Kier molecular flexibility index (Phi) is 7.56. The Balaban J connectivity index is 1.55. The third-order valence-corrected chi connectivity index (χ3v) is 13.4. The maximum atomic E-state index is 14.4. The van der Waals surface area contributed by atoms with Gasteiger partial charge in [-0.05, 0) is 86.2 Å². The molecule has 41 heavy (non-hydrogen) atoms. The number of aliphatic hydroxyl groups excluding tert-OH is 3. The summed E-state index contributed by atoms with van der Waals surface area (Å²) >= 11 is 0. The topological polar surface area (TPSA) is 132 Å². The Bertz CT molecular complexity index is 1200. The highest BCUT2D eigenvalue weighted by atomic mass is 16.4. The lowest BCUT2D eigenvalue weighted by atomic mass is 9.41. The predicted molar refractivity (Wildman–Crippen MR) is 155 cm³/mol. The van der Waals surface area contributed by atoms with Crippen molar-refractivity contribution in [3.8, 4) is 0 Å². The zero-order valence-corrected chi connectivity index (χ0v) is 25.7. The van der Waals surface area contributed by atoms with Crippen molar-refractivity contribution in [3.05, 3.63) is 22.8 Å². The summed E-state index contributed by atoms with van der Waals surface area (Å²) in [6, 6.07) is 0. The van der Waals surface area contributed by atoms with E-state index < -0.39 is 45.9 Å². The van der Waals surface area contributed by atoms with Gasteiger partial charge in [-0.3, -0.25) is 9.59 Å². The van der Waals surface area contributed by atoms with Crippen LogP contribution in [0, 0.1) is 45.3 Å². The van der Waals surface area contributed by atoms with Crippen molar-refractivity contribution in [1.29, 1.82) is 0 Å². The van der Waals surface area contributed by atoms with Gasteiger partial charge in [0.15, 0.2) is 5.78 Å². The number of carbonyl (C=O) groups is 3. The zero-order valence-electron chi connectivity index (χ0n) is 25.7. The molecule has 228 valence electrons. The van der Waals surface area contributed by atoms with Crippen molar-refractivity contribution in [3.63, 3.8) is 0 Å². The SMILES string of the molecule is CC(=CC(O)CC(C)C1CC(O)C2(C)C3=C(C(=O)CC12C)C1(C)CCC(=O)C(C)(C2CCCC2)C1CC3O)C(=O)O. The second-order valence-corrected chi connectivity index (χ2v) is 15.2. The van der Waals surface area contributed by atoms with Crippen molar-refractivity contribution < 1.29 is 34.8 Å². The molecule has 5 aliphatic carbocycles. The van der Waals surface area contributed by atoms with E-state index in [0.29, 0.717) is 43.3 Å². The number of aliphatic hydroxyl groups is 3. The third-order valence-electron chi connectivity index (χ3n) is 13.4. The monoisotopic (exact) mass is 570 g/mol. The van der Waals surface area contributed by atoms with Gasteiger partial charge in [-0.1, -0.05) is 47.5 Å². The van der Waals surface area contributed by atoms with Crippen LogP contribution in [0.3, 0.4) is 0 Å². The zero-order chi connectivity index (χ0) is 30.3. The van der Waals surface area contributed by atoms with Gasteiger partial charge in [0.05, 0.1) is 18.3 Å². The lowest BCUT2D eigenvalue weighted by Crippen LogP contribution is -2.62. The van der Waals surface area contributed by atoms with Gasteiger partial charge in [0.1, 0.15) is 5.78 Å². The number of rotatable bonds is 6. The van der Waals surface area contributed by atoms with Crippen molar-refractivity contribution in [2.75, 3.05) is 0 Å². The number of ketones is 2. The molecule has 4 N–H and O–H groups in total. The lowest BCUT2D eigenvalue weighted by Gasteiger charge is -2.62. The van der Waals surface area contributed by atoms with E-state index in [9.17, 15) is 34.8 Å². The van der Waals surface area contributed by atoms with Gasteiger partial charge < -0.3 is 20.4 Å². The van der Waals surface area contributed by atoms with Gasteiger partial charge in [0, 0.05) is 40.2 Å². The second kappa shape index (κ2) is 10.1. The van der Waals surface area contributed by atoms with Gasteiger partial charge in [0.2, 0.25) is 0 Å². The summed E-state index contributed by atoms with van der Waals surface area (Å²) < 4.78 is 0. The summed E-state index contributed by atoms with van der Waals surface area (Å²) in [7, 11) is 0. The van der Waals surface area contributed by atoms with Gasteiger partial charge in [0.25, 0.3) is 0 Å². The van der Waals surface area contributed by atoms with Crippen molar-refractivity contribution in [2.24, 2.45) is 45.3 Å². The number of Topliss-reactive ketones (excluding diaryl/α,β-unsaturated/α-hetero) is 2. The van der Waals surface area contributed by atoms with E-state index in [2.05, 4.69) is 20.8 Å². The Morgan fingerprint density at radius 1 is 1.07 bits per heavy atom. The number of fused-ring (bicyclic) bond motifs is 4. The number of hydrogen-bond acceptors (Lipinski definition) is 6. The second-order valence-electron chi connectivity index (χ2n) is 15.2. The maximum Gasteiger partial charge on any atom is 0.331 e. The molecule has 10 unspecified atom stereocenters. The summed E-state index contributed by atoms with van der Waals surface area (Å²) in [5.41, 5.74) is -1.10. The number of hydrogen-bond donors (Lipinski definition) is 4. The van der Waals surface area contributed by atoms with E-state index >= 15 is 0 Å². The fourth-order valence-corrected chi connectivity index (χ4v) is 11.0. The summed E-state index contributed by atoms with van der Waals surface area (Å²) in [6.45, 7) is 11.8. The molecule has 5 aliphatic rings. The van der Waals surface area contributed by atoms with Crippen LogP contribution in [-0.4, -0.2) is 56.3 Å². The minimum atomic E-state index is -1.07. The van der Waals surface area contributed by atoms with E-state index in [1.807, 2.05) is 13.8 Å². The van der Waals surface area contributed by atoms with E-state index in [-0.39, 0.29) is 47.2 Å². The molecule has 0 aliphatic heterocycles. The molecule has 0 aromatic rings. The molecule has 10 atom stereocenters. The van der Waals surface area contributed by atoms with Crippen LogP contribution in [0.1, 0.15) is 106 Å². The highest BCUT2D eigenvalue weighted by molar-refractivity contribution is 6.01. The smallest absolute Gasteiger partial charge is 0.331 e. The van der Waals surface area contributed by atoms with Crippen LogP contribution in [0.2, 0.25) is 0 Å². The average molecular weight is 571 g/mol. The number of carboxylic acids is 1. The molecule has 0 aromatic heterocycles. The Labute approximate surface area is 244 Å². The first-order valence-corrected chi connectivity index (χ1v) is 15.8. The van der Waals surface area contributed by atoms with Crippen LogP contribution >= 0.6 is 0 Å². The summed E-state index contributed by atoms with van der Waals surface area (Å²) in [4.78, 5) is 39.3. The number of allylic oxidation sites excluding steroid dienone is 1. The van der Waals surface area contributed by atoms with Crippen molar-refractivity contribution in [2.45, 2.75) is 124 Å². The first kappa shape index (κ1) is 30.6. The van der Waals surface area contributed by atoms with Crippen LogP contribution in [0.4, 0.5) is 0 Å². The van der Waals surface area contributed by atoms with Gasteiger partial charge in [-0.25, -0.2) is 4.79 Å². The number of aliphatic carboxylic acids is 1. The molecule has 7 heteroatoms. The minimum Gasteiger partial charge on any atom is -0.478 e. The van der Waals surface area contributed by atoms with E-state index in [4.69, 9.17) is 0 Å². The molecule has 3 saturated carbocycles. The molecular weight excluding hydrogens is 520 g/mol. The maximum absolute atomic E-state index is 14.4. The van der Waals surface area contributed by atoms with Gasteiger partial charge in [-0.2, -0.15) is 0 Å². The molecule has 0 spiro atoms. The molecule has 3 fully saturated rings. The first-order chi connectivity index (χ1) is 19.0. The van der Waals surface area contributed by atoms with Crippen LogP contribution in [-0.2, 0) is 14.4 Å². The fourth-order valence-electron chi connectivity index (χ4n) is 11.0. The van der Waals surface area contributed by atoms with Crippen LogP contribution in [0.25, 0.3) is 0 Å².